The second kappa shape index (κ2) is 6.60. The number of para-hydroxylation sites is 1. The molecule has 0 saturated carbocycles. The molecular formula is C16H12ClN3OS. The van der Waals surface area contributed by atoms with Crippen LogP contribution >= 0.6 is 22.9 Å². The normalized spacial score (nSPS) is 10.2. The first-order chi connectivity index (χ1) is 10.7. The number of anilines is 3. The highest BCUT2D eigenvalue weighted by atomic mass is 35.5. The van der Waals surface area contributed by atoms with Gasteiger partial charge in [-0.15, -0.1) is 11.3 Å². The molecule has 6 heteroatoms. The number of nitrogens with zero attached hydrogens (tertiary/aromatic N) is 1. The number of halogens is 1. The van der Waals surface area contributed by atoms with Gasteiger partial charge in [0.1, 0.15) is 5.82 Å². The van der Waals surface area contributed by atoms with Crippen molar-refractivity contribution in [1.29, 1.82) is 0 Å². The maximum Gasteiger partial charge on any atom is 0.266 e. The number of carbonyl (C=O) groups is 1. The summed E-state index contributed by atoms with van der Waals surface area (Å²) in [6.45, 7) is 0. The van der Waals surface area contributed by atoms with E-state index < -0.39 is 0 Å². The quantitative estimate of drug-likeness (QED) is 0.723. The molecule has 0 saturated heterocycles. The fourth-order valence-electron chi connectivity index (χ4n) is 1.85. The zero-order chi connectivity index (χ0) is 15.4. The molecule has 2 aromatic heterocycles. The van der Waals surface area contributed by atoms with Crippen LogP contribution in [0.3, 0.4) is 0 Å². The van der Waals surface area contributed by atoms with Crippen LogP contribution < -0.4 is 10.6 Å². The standard InChI is InChI=1S/C16H12ClN3OS/c17-12-4-1-2-5-13(12)19-11-7-8-15(18-10-11)20-16(21)14-6-3-9-22-14/h1-10,19H,(H,18,20,21). The summed E-state index contributed by atoms with van der Waals surface area (Å²) in [5.74, 6) is 0.345. The van der Waals surface area contributed by atoms with Gasteiger partial charge in [0, 0.05) is 0 Å². The van der Waals surface area contributed by atoms with Gasteiger partial charge in [0.2, 0.25) is 0 Å². The summed E-state index contributed by atoms with van der Waals surface area (Å²) in [6.07, 6.45) is 1.65. The molecular weight excluding hydrogens is 318 g/mol. The number of carbonyl (C=O) groups excluding carboxylic acids is 1. The highest BCUT2D eigenvalue weighted by molar-refractivity contribution is 7.12. The average Bonchev–Trinajstić information content (AvgIpc) is 3.06. The molecule has 0 spiro atoms. The van der Waals surface area contributed by atoms with Crippen LogP contribution in [0.4, 0.5) is 17.2 Å². The van der Waals surface area contributed by atoms with E-state index in [2.05, 4.69) is 15.6 Å². The Morgan fingerprint density at radius 3 is 2.64 bits per heavy atom. The van der Waals surface area contributed by atoms with E-state index in [-0.39, 0.29) is 5.91 Å². The molecule has 3 rings (SSSR count). The number of pyridine rings is 1. The van der Waals surface area contributed by atoms with Crippen LogP contribution in [0.2, 0.25) is 5.02 Å². The Morgan fingerprint density at radius 2 is 1.95 bits per heavy atom. The molecule has 0 fully saturated rings. The van der Waals surface area contributed by atoms with Crippen LogP contribution in [0.25, 0.3) is 0 Å². The number of amides is 1. The maximum absolute atomic E-state index is 11.9. The highest BCUT2D eigenvalue weighted by Gasteiger charge is 2.07. The molecule has 110 valence electrons. The minimum atomic E-state index is -0.158. The van der Waals surface area contributed by atoms with Crippen molar-refractivity contribution in [3.05, 3.63) is 70.0 Å². The summed E-state index contributed by atoms with van der Waals surface area (Å²) in [4.78, 5) is 16.8. The molecule has 0 aliphatic carbocycles. The van der Waals surface area contributed by atoms with E-state index >= 15 is 0 Å². The number of rotatable bonds is 4. The van der Waals surface area contributed by atoms with Crippen LogP contribution in [0.1, 0.15) is 9.67 Å². The summed E-state index contributed by atoms with van der Waals surface area (Å²) < 4.78 is 0. The zero-order valence-electron chi connectivity index (χ0n) is 11.4. The molecule has 0 bridgehead atoms. The van der Waals surface area contributed by atoms with Crippen LogP contribution in [-0.2, 0) is 0 Å². The van der Waals surface area contributed by atoms with Gasteiger partial charge in [0.25, 0.3) is 5.91 Å². The van der Waals surface area contributed by atoms with Gasteiger partial charge in [-0.25, -0.2) is 4.98 Å². The maximum atomic E-state index is 11.9. The lowest BCUT2D eigenvalue weighted by molar-refractivity contribution is 0.103. The van der Waals surface area contributed by atoms with Gasteiger partial charge in [-0.3, -0.25) is 4.79 Å². The van der Waals surface area contributed by atoms with Crippen molar-refractivity contribution < 1.29 is 4.79 Å². The second-order valence-electron chi connectivity index (χ2n) is 4.47. The van der Waals surface area contributed by atoms with E-state index in [1.807, 2.05) is 41.8 Å². The zero-order valence-corrected chi connectivity index (χ0v) is 13.0. The van der Waals surface area contributed by atoms with Gasteiger partial charge in [-0.05, 0) is 35.7 Å². The number of benzene rings is 1. The highest BCUT2D eigenvalue weighted by Crippen LogP contribution is 2.24. The number of hydrogen-bond acceptors (Lipinski definition) is 4. The van der Waals surface area contributed by atoms with Gasteiger partial charge < -0.3 is 10.6 Å². The van der Waals surface area contributed by atoms with Crippen LogP contribution in [0.15, 0.2) is 60.1 Å². The lowest BCUT2D eigenvalue weighted by Gasteiger charge is -2.08. The first kappa shape index (κ1) is 14.6. The van der Waals surface area contributed by atoms with E-state index in [1.54, 1.807) is 18.3 Å². The summed E-state index contributed by atoms with van der Waals surface area (Å²) in [7, 11) is 0. The van der Waals surface area contributed by atoms with Gasteiger partial charge in [0.15, 0.2) is 0 Å². The third-order valence-corrected chi connectivity index (χ3v) is 4.10. The monoisotopic (exact) mass is 329 g/mol. The largest absolute Gasteiger partial charge is 0.353 e. The Bertz CT molecular complexity index is 772. The van der Waals surface area contributed by atoms with E-state index in [0.29, 0.717) is 15.7 Å². The predicted molar refractivity (Wildman–Crippen MR) is 91.2 cm³/mol. The number of aromatic nitrogens is 1. The molecule has 0 atom stereocenters. The third-order valence-electron chi connectivity index (χ3n) is 2.90. The van der Waals surface area contributed by atoms with Crippen molar-refractivity contribution in [3.8, 4) is 0 Å². The lowest BCUT2D eigenvalue weighted by atomic mass is 10.3. The molecule has 2 heterocycles. The first-order valence-corrected chi connectivity index (χ1v) is 7.80. The minimum Gasteiger partial charge on any atom is -0.353 e. The summed E-state index contributed by atoms with van der Waals surface area (Å²) in [6, 6.07) is 14.6. The molecule has 1 aromatic carbocycles. The van der Waals surface area contributed by atoms with Gasteiger partial charge in [-0.1, -0.05) is 29.8 Å². The van der Waals surface area contributed by atoms with Crippen molar-refractivity contribution in [2.24, 2.45) is 0 Å². The Labute approximate surface area is 136 Å². The molecule has 22 heavy (non-hydrogen) atoms. The number of hydrogen-bond donors (Lipinski definition) is 2. The first-order valence-electron chi connectivity index (χ1n) is 6.55. The van der Waals surface area contributed by atoms with Crippen molar-refractivity contribution in [1.82, 2.24) is 4.98 Å². The number of nitrogens with one attached hydrogen (secondary N) is 2. The van der Waals surface area contributed by atoms with Gasteiger partial charge in [0.05, 0.1) is 27.5 Å². The molecule has 1 amide bonds. The molecule has 3 aromatic rings. The molecule has 0 aliphatic rings. The molecule has 0 unspecified atom stereocenters. The van der Waals surface area contributed by atoms with E-state index in [9.17, 15) is 4.79 Å². The van der Waals surface area contributed by atoms with Gasteiger partial charge in [-0.2, -0.15) is 0 Å². The molecule has 0 aliphatic heterocycles. The van der Waals surface area contributed by atoms with Crippen LogP contribution in [0.5, 0.6) is 0 Å². The summed E-state index contributed by atoms with van der Waals surface area (Å²) >= 11 is 7.48. The smallest absolute Gasteiger partial charge is 0.266 e. The SMILES string of the molecule is O=C(Nc1ccc(Nc2ccccc2Cl)cn1)c1cccs1. The molecule has 2 N–H and O–H groups in total. The fraction of sp³-hybridized carbons (Fsp3) is 0. The topological polar surface area (TPSA) is 54.0 Å². The Morgan fingerprint density at radius 1 is 1.09 bits per heavy atom. The predicted octanol–water partition coefficient (Wildman–Crippen LogP) is 4.79. The average molecular weight is 330 g/mol. The Kier molecular flexibility index (Phi) is 4.37. The van der Waals surface area contributed by atoms with Gasteiger partial charge >= 0.3 is 0 Å². The van der Waals surface area contributed by atoms with Crippen molar-refractivity contribution in [3.63, 3.8) is 0 Å². The van der Waals surface area contributed by atoms with E-state index in [4.69, 9.17) is 11.6 Å². The molecule has 4 nitrogen and oxygen atoms in total. The van der Waals surface area contributed by atoms with E-state index in [1.165, 1.54) is 11.3 Å². The van der Waals surface area contributed by atoms with E-state index in [0.717, 1.165) is 11.4 Å². The fourth-order valence-corrected chi connectivity index (χ4v) is 2.65. The molecule has 0 radical (unpaired) electrons. The van der Waals surface area contributed by atoms with Crippen LogP contribution in [0, 0.1) is 0 Å². The Hall–Kier alpha value is -2.37. The Balaban J connectivity index is 1.68. The summed E-state index contributed by atoms with van der Waals surface area (Å²) in [5.41, 5.74) is 1.60. The summed E-state index contributed by atoms with van der Waals surface area (Å²) in [5, 5.41) is 8.43. The minimum absolute atomic E-state index is 0.158. The van der Waals surface area contributed by atoms with Crippen molar-refractivity contribution in [2.45, 2.75) is 0 Å². The van der Waals surface area contributed by atoms with Crippen molar-refractivity contribution in [2.75, 3.05) is 10.6 Å². The van der Waals surface area contributed by atoms with Crippen molar-refractivity contribution >= 4 is 46.0 Å². The van der Waals surface area contributed by atoms with Crippen LogP contribution in [-0.4, -0.2) is 10.9 Å². The second-order valence-corrected chi connectivity index (χ2v) is 5.82. The number of thiophene rings is 1. The third kappa shape index (κ3) is 3.44. The lowest BCUT2D eigenvalue weighted by Crippen LogP contribution is -2.11.